The van der Waals surface area contributed by atoms with Gasteiger partial charge in [-0.05, 0) is 37.2 Å². The third-order valence-electron chi connectivity index (χ3n) is 5.28. The van der Waals surface area contributed by atoms with Crippen molar-refractivity contribution in [3.63, 3.8) is 0 Å². The third-order valence-corrected chi connectivity index (χ3v) is 5.28. The highest BCUT2D eigenvalue weighted by molar-refractivity contribution is 5.77. The molecule has 0 radical (unpaired) electrons. The van der Waals surface area contributed by atoms with Gasteiger partial charge in [0, 0.05) is 39.1 Å². The van der Waals surface area contributed by atoms with E-state index >= 15 is 0 Å². The molecule has 0 saturated carbocycles. The molecular weight excluding hydrogens is 302 g/mol. The van der Waals surface area contributed by atoms with E-state index in [-0.39, 0.29) is 11.9 Å². The molecule has 2 saturated heterocycles. The number of piperidine rings is 1. The van der Waals surface area contributed by atoms with Gasteiger partial charge in [-0.2, -0.15) is 0 Å². The monoisotopic (exact) mass is 329 g/mol. The van der Waals surface area contributed by atoms with E-state index in [0.29, 0.717) is 31.3 Å². The summed E-state index contributed by atoms with van der Waals surface area (Å²) in [6.45, 7) is 5.63. The Labute approximate surface area is 144 Å². The zero-order valence-corrected chi connectivity index (χ0v) is 14.4. The van der Waals surface area contributed by atoms with Crippen LogP contribution in [0.5, 0.6) is 0 Å². The molecule has 2 atom stereocenters. The fourth-order valence-corrected chi connectivity index (χ4v) is 3.89. The smallest absolute Gasteiger partial charge is 0.317 e. The maximum atomic E-state index is 12.6. The van der Waals surface area contributed by atoms with Gasteiger partial charge in [0.05, 0.1) is 0 Å². The molecule has 0 bridgehead atoms. The van der Waals surface area contributed by atoms with Crippen molar-refractivity contribution in [3.05, 3.63) is 35.9 Å². The van der Waals surface area contributed by atoms with Crippen molar-refractivity contribution < 1.29 is 9.59 Å². The molecule has 1 aromatic rings. The number of rotatable bonds is 3. The number of benzene rings is 1. The molecule has 5 heteroatoms. The fourth-order valence-electron chi connectivity index (χ4n) is 3.89. The van der Waals surface area contributed by atoms with Gasteiger partial charge in [-0.3, -0.25) is 4.79 Å². The molecule has 24 heavy (non-hydrogen) atoms. The predicted octanol–water partition coefficient (Wildman–Crippen LogP) is 2.48. The summed E-state index contributed by atoms with van der Waals surface area (Å²) in [5.41, 5.74) is 1.18. The fraction of sp³-hybridized carbons (Fsp3) is 0.579. The second-order valence-corrected chi connectivity index (χ2v) is 6.88. The summed E-state index contributed by atoms with van der Waals surface area (Å²) in [6.07, 6.45) is 2.55. The van der Waals surface area contributed by atoms with E-state index in [4.69, 9.17) is 0 Å². The molecule has 3 rings (SSSR count). The van der Waals surface area contributed by atoms with Crippen LogP contribution in [0.3, 0.4) is 0 Å². The molecule has 3 amide bonds. The lowest BCUT2D eigenvalue weighted by Gasteiger charge is -2.37. The van der Waals surface area contributed by atoms with Gasteiger partial charge in [0.1, 0.15) is 0 Å². The number of hydrogen-bond donors (Lipinski definition) is 1. The molecule has 2 aliphatic rings. The van der Waals surface area contributed by atoms with Gasteiger partial charge in [-0.25, -0.2) is 4.79 Å². The van der Waals surface area contributed by atoms with Crippen molar-refractivity contribution in [1.82, 2.24) is 15.1 Å². The molecule has 0 spiro atoms. The standard InChI is InChI=1S/C19H27N3O2/c1-2-20-19(24)22-11-8-16-12-18(23)21(10-9-17(16)14-22)13-15-6-4-3-5-7-15/h3-7,16-17H,2,8-14H2,1H3,(H,20,24)/t16-,17+/m1/s1. The topological polar surface area (TPSA) is 52.7 Å². The Morgan fingerprint density at radius 1 is 1.17 bits per heavy atom. The summed E-state index contributed by atoms with van der Waals surface area (Å²) in [5, 5.41) is 2.89. The zero-order valence-electron chi connectivity index (χ0n) is 14.4. The largest absolute Gasteiger partial charge is 0.338 e. The van der Waals surface area contributed by atoms with E-state index < -0.39 is 0 Å². The summed E-state index contributed by atoms with van der Waals surface area (Å²) in [7, 11) is 0. The Bertz CT molecular complexity index is 575. The van der Waals surface area contributed by atoms with Gasteiger partial charge in [-0.1, -0.05) is 30.3 Å². The first-order valence-electron chi connectivity index (χ1n) is 9.02. The van der Waals surface area contributed by atoms with Gasteiger partial charge in [0.15, 0.2) is 0 Å². The Morgan fingerprint density at radius 3 is 2.67 bits per heavy atom. The summed E-state index contributed by atoms with van der Waals surface area (Å²) in [6, 6.07) is 10.2. The average Bonchev–Trinajstić information content (AvgIpc) is 2.75. The minimum absolute atomic E-state index is 0.0349. The number of nitrogens with one attached hydrogen (secondary N) is 1. The van der Waals surface area contributed by atoms with Crippen LogP contribution in [0.2, 0.25) is 0 Å². The van der Waals surface area contributed by atoms with Crippen molar-refractivity contribution in [1.29, 1.82) is 0 Å². The maximum absolute atomic E-state index is 12.6. The van der Waals surface area contributed by atoms with Crippen LogP contribution in [0.15, 0.2) is 30.3 Å². The van der Waals surface area contributed by atoms with Crippen LogP contribution in [-0.4, -0.2) is 47.9 Å². The number of likely N-dealkylation sites (tertiary alicyclic amines) is 2. The number of hydrogen-bond acceptors (Lipinski definition) is 2. The average molecular weight is 329 g/mol. The minimum Gasteiger partial charge on any atom is -0.338 e. The van der Waals surface area contributed by atoms with Crippen LogP contribution in [0, 0.1) is 11.8 Å². The number of fused-ring (bicyclic) bond motifs is 1. The normalized spacial score (nSPS) is 24.3. The molecule has 0 aliphatic carbocycles. The molecule has 2 fully saturated rings. The zero-order chi connectivity index (χ0) is 16.9. The number of amides is 3. The Kier molecular flexibility index (Phi) is 5.38. The highest BCUT2D eigenvalue weighted by atomic mass is 16.2. The van der Waals surface area contributed by atoms with Gasteiger partial charge >= 0.3 is 6.03 Å². The minimum atomic E-state index is 0.0349. The highest BCUT2D eigenvalue weighted by Gasteiger charge is 2.36. The number of carbonyl (C=O) groups is 2. The third kappa shape index (κ3) is 3.89. The van der Waals surface area contributed by atoms with Gasteiger partial charge in [-0.15, -0.1) is 0 Å². The van der Waals surface area contributed by atoms with Gasteiger partial charge in [0.2, 0.25) is 5.91 Å². The molecule has 0 unspecified atom stereocenters. The first kappa shape index (κ1) is 16.8. The van der Waals surface area contributed by atoms with Crippen LogP contribution < -0.4 is 5.32 Å². The summed E-state index contributed by atoms with van der Waals surface area (Å²) < 4.78 is 0. The van der Waals surface area contributed by atoms with Crippen molar-refractivity contribution in [2.45, 2.75) is 32.7 Å². The lowest BCUT2D eigenvalue weighted by atomic mass is 9.82. The molecule has 1 N–H and O–H groups in total. The first-order valence-corrected chi connectivity index (χ1v) is 9.02. The second kappa shape index (κ2) is 7.69. The molecule has 0 aromatic heterocycles. The lowest BCUT2D eigenvalue weighted by molar-refractivity contribution is -0.132. The summed E-state index contributed by atoms with van der Waals surface area (Å²) >= 11 is 0. The molecule has 5 nitrogen and oxygen atoms in total. The number of carbonyl (C=O) groups excluding carboxylic acids is 2. The predicted molar refractivity (Wildman–Crippen MR) is 93.3 cm³/mol. The molecule has 2 heterocycles. The molecule has 130 valence electrons. The summed E-state index contributed by atoms with van der Waals surface area (Å²) in [4.78, 5) is 28.6. The van der Waals surface area contributed by atoms with Crippen molar-refractivity contribution in [2.75, 3.05) is 26.2 Å². The Hall–Kier alpha value is -2.04. The van der Waals surface area contributed by atoms with E-state index in [1.807, 2.05) is 34.9 Å². The van der Waals surface area contributed by atoms with E-state index in [0.717, 1.165) is 32.5 Å². The van der Waals surface area contributed by atoms with Crippen molar-refractivity contribution in [3.8, 4) is 0 Å². The van der Waals surface area contributed by atoms with Crippen LogP contribution in [-0.2, 0) is 11.3 Å². The number of nitrogens with zero attached hydrogens (tertiary/aromatic N) is 2. The van der Waals surface area contributed by atoms with Crippen LogP contribution in [0.1, 0.15) is 31.7 Å². The molecule has 2 aliphatic heterocycles. The van der Waals surface area contributed by atoms with Crippen LogP contribution >= 0.6 is 0 Å². The van der Waals surface area contributed by atoms with Crippen LogP contribution in [0.4, 0.5) is 4.79 Å². The Morgan fingerprint density at radius 2 is 1.92 bits per heavy atom. The Balaban J connectivity index is 1.62. The maximum Gasteiger partial charge on any atom is 0.317 e. The molecular formula is C19H27N3O2. The first-order chi connectivity index (χ1) is 11.7. The van der Waals surface area contributed by atoms with Gasteiger partial charge < -0.3 is 15.1 Å². The van der Waals surface area contributed by atoms with Gasteiger partial charge in [0.25, 0.3) is 0 Å². The van der Waals surface area contributed by atoms with Crippen LogP contribution in [0.25, 0.3) is 0 Å². The van der Waals surface area contributed by atoms with Crippen molar-refractivity contribution >= 4 is 11.9 Å². The van der Waals surface area contributed by atoms with E-state index in [9.17, 15) is 9.59 Å². The van der Waals surface area contributed by atoms with E-state index in [1.165, 1.54) is 5.56 Å². The highest BCUT2D eigenvalue weighted by Crippen LogP contribution is 2.32. The van der Waals surface area contributed by atoms with E-state index in [2.05, 4.69) is 17.4 Å². The lowest BCUT2D eigenvalue weighted by Crippen LogP contribution is -2.48. The van der Waals surface area contributed by atoms with Crippen molar-refractivity contribution in [2.24, 2.45) is 11.8 Å². The molecule has 1 aromatic carbocycles. The number of urea groups is 1. The SMILES string of the molecule is CCNC(=O)N1CC[C@@H]2CC(=O)N(Cc3ccccc3)CC[C@H]2C1. The second-order valence-electron chi connectivity index (χ2n) is 6.88. The quantitative estimate of drug-likeness (QED) is 0.926. The summed E-state index contributed by atoms with van der Waals surface area (Å²) in [5.74, 6) is 1.12. The van der Waals surface area contributed by atoms with E-state index in [1.54, 1.807) is 0 Å².